The molecule has 4 nitrogen and oxygen atoms in total. The Bertz CT molecular complexity index is 169. The fraction of sp³-hybridized carbons (Fsp3) is 0. The maximum absolute atomic E-state index is 10.2. The van der Waals surface area contributed by atoms with E-state index in [1.807, 2.05) is 0 Å². The van der Waals surface area contributed by atoms with Gasteiger partial charge < -0.3 is 4.74 Å². The zero-order valence-corrected chi connectivity index (χ0v) is 5.84. The maximum atomic E-state index is 10.2. The Morgan fingerprint density at radius 2 is 1.60 bits per heavy atom. The standard InChI is InChI=1S/C4H6O.FHO3S/c1-3-5-4-2;1-5(2,3)4/h3-4H,1-2H2;(H,2,3,4). The molecule has 0 rings (SSSR count). The molecule has 6 heteroatoms. The molecule has 0 aliphatic carbocycles. The van der Waals surface area contributed by atoms with Crippen molar-refractivity contribution < 1.29 is 21.6 Å². The highest BCUT2D eigenvalue weighted by Crippen LogP contribution is 1.74. The quantitative estimate of drug-likeness (QED) is 0.382. The zero-order valence-electron chi connectivity index (χ0n) is 5.03. The molecular weight excluding hydrogens is 163 g/mol. The second-order valence-corrected chi connectivity index (χ2v) is 1.71. The first-order chi connectivity index (χ1) is 4.41. The van der Waals surface area contributed by atoms with Crippen LogP contribution in [-0.2, 0) is 15.2 Å². The Balaban J connectivity index is 0. The summed E-state index contributed by atoms with van der Waals surface area (Å²) in [7, 11) is -5.17. The lowest BCUT2D eigenvalue weighted by atomic mass is 11.1. The van der Waals surface area contributed by atoms with Crippen molar-refractivity contribution in [2.45, 2.75) is 0 Å². The second kappa shape index (κ2) is 6.24. The number of halogens is 1. The van der Waals surface area contributed by atoms with Crippen molar-refractivity contribution in [3.8, 4) is 0 Å². The van der Waals surface area contributed by atoms with E-state index in [1.165, 1.54) is 12.5 Å². The lowest BCUT2D eigenvalue weighted by molar-refractivity contribution is 0.406. The molecule has 0 atom stereocenters. The van der Waals surface area contributed by atoms with Gasteiger partial charge in [-0.2, -0.15) is 8.42 Å². The first-order valence-corrected chi connectivity index (χ1v) is 3.30. The van der Waals surface area contributed by atoms with Gasteiger partial charge in [0.2, 0.25) is 0 Å². The second-order valence-electron chi connectivity index (χ2n) is 0.882. The van der Waals surface area contributed by atoms with E-state index in [-0.39, 0.29) is 0 Å². The lowest BCUT2D eigenvalue weighted by Gasteiger charge is -1.76. The summed E-state index contributed by atoms with van der Waals surface area (Å²) in [4.78, 5) is 0. The van der Waals surface area contributed by atoms with Crippen LogP contribution in [0.5, 0.6) is 0 Å². The molecule has 0 spiro atoms. The molecule has 0 fully saturated rings. The van der Waals surface area contributed by atoms with Crippen LogP contribution in [0.3, 0.4) is 0 Å². The predicted octanol–water partition coefficient (Wildman–Crippen LogP) is 1.05. The number of hydrogen-bond donors (Lipinski definition) is 1. The molecule has 0 saturated carbocycles. The molecule has 0 aromatic heterocycles. The third-order valence-electron chi connectivity index (χ3n) is 0.192. The molecular formula is C4H7FO4S. The van der Waals surface area contributed by atoms with Crippen molar-refractivity contribution in [3.05, 3.63) is 25.7 Å². The van der Waals surface area contributed by atoms with Crippen molar-refractivity contribution in [2.75, 3.05) is 0 Å². The molecule has 0 aromatic rings. The predicted molar refractivity (Wildman–Crippen MR) is 34.1 cm³/mol. The van der Waals surface area contributed by atoms with Gasteiger partial charge >= 0.3 is 10.5 Å². The molecule has 10 heavy (non-hydrogen) atoms. The van der Waals surface area contributed by atoms with Crippen LogP contribution >= 0.6 is 0 Å². The van der Waals surface area contributed by atoms with E-state index >= 15 is 0 Å². The van der Waals surface area contributed by atoms with Crippen LogP contribution in [0, 0.1) is 0 Å². The molecule has 0 bridgehead atoms. The van der Waals surface area contributed by atoms with Crippen LogP contribution in [0.2, 0.25) is 0 Å². The van der Waals surface area contributed by atoms with E-state index in [9.17, 15) is 3.89 Å². The minimum absolute atomic E-state index is 1.31. The van der Waals surface area contributed by atoms with Gasteiger partial charge in [-0.15, -0.1) is 0 Å². The summed E-state index contributed by atoms with van der Waals surface area (Å²) in [5.41, 5.74) is 0. The number of ether oxygens (including phenoxy) is 1. The van der Waals surface area contributed by atoms with E-state index in [0.29, 0.717) is 0 Å². The van der Waals surface area contributed by atoms with E-state index in [2.05, 4.69) is 17.9 Å². The SMILES string of the molecule is C=COC=C.O=S(=O)(O)F. The molecule has 60 valence electrons. The topological polar surface area (TPSA) is 63.6 Å². The lowest BCUT2D eigenvalue weighted by Crippen LogP contribution is -1.80. The third-order valence-corrected chi connectivity index (χ3v) is 0.192. The summed E-state index contributed by atoms with van der Waals surface area (Å²) in [5, 5.41) is 0. The average molecular weight is 170 g/mol. The number of rotatable bonds is 2. The third kappa shape index (κ3) is 213. The summed E-state index contributed by atoms with van der Waals surface area (Å²) >= 11 is 0. The molecule has 0 aliphatic heterocycles. The Morgan fingerprint density at radius 3 is 1.60 bits per heavy atom. The highest BCUT2D eigenvalue weighted by atomic mass is 32.3. The van der Waals surface area contributed by atoms with Gasteiger partial charge in [-0.25, -0.2) is 0 Å². The van der Waals surface area contributed by atoms with Gasteiger partial charge in [0.25, 0.3) is 0 Å². The van der Waals surface area contributed by atoms with Crippen molar-refractivity contribution >= 4 is 10.5 Å². The highest BCUT2D eigenvalue weighted by Gasteiger charge is 1.89. The van der Waals surface area contributed by atoms with Crippen LogP contribution in [0.1, 0.15) is 0 Å². The smallest absolute Gasteiger partial charge is 0.435 e. The van der Waals surface area contributed by atoms with Crippen LogP contribution in [0.4, 0.5) is 3.89 Å². The van der Waals surface area contributed by atoms with Crippen LogP contribution in [0.15, 0.2) is 25.7 Å². The molecule has 0 amide bonds. The summed E-state index contributed by atoms with van der Waals surface area (Å²) < 4.78 is 38.4. The van der Waals surface area contributed by atoms with E-state index < -0.39 is 10.5 Å². The van der Waals surface area contributed by atoms with Crippen molar-refractivity contribution in [1.29, 1.82) is 0 Å². The van der Waals surface area contributed by atoms with Crippen LogP contribution < -0.4 is 0 Å². The Kier molecular flexibility index (Phi) is 7.41. The van der Waals surface area contributed by atoms with E-state index in [4.69, 9.17) is 13.0 Å². The average Bonchev–Trinajstić information content (AvgIpc) is 1.63. The minimum Gasteiger partial charge on any atom is -0.474 e. The number of hydrogen-bond acceptors (Lipinski definition) is 3. The van der Waals surface area contributed by atoms with Crippen LogP contribution in [-0.4, -0.2) is 13.0 Å². The van der Waals surface area contributed by atoms with Gasteiger partial charge in [0, 0.05) is 0 Å². The van der Waals surface area contributed by atoms with Gasteiger partial charge in [0.15, 0.2) is 0 Å². The van der Waals surface area contributed by atoms with Gasteiger partial charge in [-0.3, -0.25) is 4.55 Å². The normalized spacial score (nSPS) is 8.60. The molecule has 0 radical (unpaired) electrons. The largest absolute Gasteiger partial charge is 0.474 e. The van der Waals surface area contributed by atoms with Crippen LogP contribution in [0.25, 0.3) is 0 Å². The fourth-order valence-corrected chi connectivity index (χ4v) is 0.0680. The van der Waals surface area contributed by atoms with Gasteiger partial charge in [-0.1, -0.05) is 17.0 Å². The highest BCUT2D eigenvalue weighted by molar-refractivity contribution is 7.80. The first-order valence-electron chi connectivity index (χ1n) is 1.96. The van der Waals surface area contributed by atoms with Gasteiger partial charge in [-0.05, 0) is 0 Å². The van der Waals surface area contributed by atoms with E-state index in [1.54, 1.807) is 0 Å². The van der Waals surface area contributed by atoms with Gasteiger partial charge in [0.1, 0.15) is 0 Å². The summed E-state index contributed by atoms with van der Waals surface area (Å²) in [6.45, 7) is 6.51. The Hall–Kier alpha value is -0.880. The first kappa shape index (κ1) is 11.9. The molecule has 0 saturated heterocycles. The summed E-state index contributed by atoms with van der Waals surface area (Å²) in [5.74, 6) is 0. The van der Waals surface area contributed by atoms with Gasteiger partial charge in [0.05, 0.1) is 12.5 Å². The Labute approximate surface area is 58.7 Å². The maximum Gasteiger partial charge on any atom is 0.435 e. The summed E-state index contributed by atoms with van der Waals surface area (Å²) in [6, 6.07) is 0. The molecule has 0 heterocycles. The molecule has 0 aliphatic rings. The van der Waals surface area contributed by atoms with Crippen molar-refractivity contribution in [1.82, 2.24) is 0 Å². The fourth-order valence-electron chi connectivity index (χ4n) is 0.0680. The van der Waals surface area contributed by atoms with Crippen molar-refractivity contribution in [2.24, 2.45) is 0 Å². The van der Waals surface area contributed by atoms with Crippen molar-refractivity contribution in [3.63, 3.8) is 0 Å². The monoisotopic (exact) mass is 170 g/mol. The minimum atomic E-state index is -5.17. The molecule has 0 aromatic carbocycles. The molecule has 1 N–H and O–H groups in total. The summed E-state index contributed by atoms with van der Waals surface area (Å²) in [6.07, 6.45) is 2.62. The van der Waals surface area contributed by atoms with E-state index in [0.717, 1.165) is 0 Å². The Morgan fingerprint density at radius 1 is 1.40 bits per heavy atom. The molecule has 0 unspecified atom stereocenters. The zero-order chi connectivity index (χ0) is 8.62.